The van der Waals surface area contributed by atoms with E-state index in [2.05, 4.69) is 6.58 Å². The molecule has 2 unspecified atom stereocenters. The molecule has 1 saturated heterocycles. The van der Waals surface area contributed by atoms with Gasteiger partial charge in [0.05, 0.1) is 0 Å². The Kier molecular flexibility index (Phi) is 1.70. The van der Waals surface area contributed by atoms with Gasteiger partial charge in [-0.1, -0.05) is 18.2 Å². The molecule has 0 N–H and O–H groups in total. The Morgan fingerprint density at radius 1 is 1.33 bits per heavy atom. The largest absolute Gasteiger partial charge is 0.360 e. The molecule has 1 nitrogen and oxygen atoms in total. The molecule has 1 aromatic carbocycles. The molecule has 0 amide bonds. The van der Waals surface area contributed by atoms with Crippen molar-refractivity contribution in [1.82, 2.24) is 0 Å². The lowest BCUT2D eigenvalue weighted by Gasteiger charge is -1.93. The van der Waals surface area contributed by atoms with Crippen molar-refractivity contribution < 1.29 is 9.13 Å². The van der Waals surface area contributed by atoms with Gasteiger partial charge in [-0.3, -0.25) is 0 Å². The number of epoxide rings is 1. The predicted octanol–water partition coefficient (Wildman–Crippen LogP) is 2.45. The number of halogens is 1. The topological polar surface area (TPSA) is 12.5 Å². The summed E-state index contributed by atoms with van der Waals surface area (Å²) in [6.45, 7) is 3.62. The van der Waals surface area contributed by atoms with Crippen LogP contribution >= 0.6 is 0 Å². The molecule has 1 aliphatic heterocycles. The van der Waals surface area contributed by atoms with E-state index in [4.69, 9.17) is 4.74 Å². The quantitative estimate of drug-likeness (QED) is 0.483. The zero-order valence-electron chi connectivity index (χ0n) is 6.53. The van der Waals surface area contributed by atoms with Crippen LogP contribution in [-0.4, -0.2) is 6.10 Å². The van der Waals surface area contributed by atoms with Crippen LogP contribution in [0.15, 0.2) is 36.9 Å². The number of hydrogen-bond donors (Lipinski definition) is 0. The molecule has 0 aliphatic carbocycles. The summed E-state index contributed by atoms with van der Waals surface area (Å²) in [4.78, 5) is 0. The zero-order valence-corrected chi connectivity index (χ0v) is 6.53. The molecular formula is C10H9FO. The maximum Gasteiger partial charge on any atom is 0.123 e. The third-order valence-electron chi connectivity index (χ3n) is 1.96. The summed E-state index contributed by atoms with van der Waals surface area (Å²) in [5, 5.41) is 0. The molecule has 0 spiro atoms. The van der Waals surface area contributed by atoms with Gasteiger partial charge in [0.1, 0.15) is 18.0 Å². The highest BCUT2D eigenvalue weighted by Gasteiger charge is 2.37. The van der Waals surface area contributed by atoms with Crippen molar-refractivity contribution in [2.45, 2.75) is 12.2 Å². The van der Waals surface area contributed by atoms with Gasteiger partial charge >= 0.3 is 0 Å². The van der Waals surface area contributed by atoms with Crippen LogP contribution in [0.2, 0.25) is 0 Å². The lowest BCUT2D eigenvalue weighted by atomic mass is 10.1. The van der Waals surface area contributed by atoms with Crippen LogP contribution in [0, 0.1) is 5.82 Å². The molecule has 2 rings (SSSR count). The van der Waals surface area contributed by atoms with Crippen LogP contribution in [0.4, 0.5) is 4.39 Å². The van der Waals surface area contributed by atoms with Gasteiger partial charge in [0.25, 0.3) is 0 Å². The average Bonchev–Trinajstić information content (AvgIpc) is 2.85. The van der Waals surface area contributed by atoms with E-state index in [1.807, 2.05) is 0 Å². The summed E-state index contributed by atoms with van der Waals surface area (Å²) < 4.78 is 17.7. The van der Waals surface area contributed by atoms with E-state index in [9.17, 15) is 4.39 Å². The summed E-state index contributed by atoms with van der Waals surface area (Å²) in [5.74, 6) is -0.213. The molecular weight excluding hydrogens is 155 g/mol. The monoisotopic (exact) mass is 164 g/mol. The Hall–Kier alpha value is -1.15. The van der Waals surface area contributed by atoms with Crippen molar-refractivity contribution in [3.8, 4) is 0 Å². The van der Waals surface area contributed by atoms with Crippen LogP contribution in [0.1, 0.15) is 11.7 Å². The van der Waals surface area contributed by atoms with Gasteiger partial charge < -0.3 is 4.74 Å². The number of ether oxygens (including phenoxy) is 1. The molecule has 0 radical (unpaired) electrons. The van der Waals surface area contributed by atoms with Crippen LogP contribution in [0.3, 0.4) is 0 Å². The van der Waals surface area contributed by atoms with Gasteiger partial charge in [-0.2, -0.15) is 0 Å². The molecule has 0 bridgehead atoms. The van der Waals surface area contributed by atoms with E-state index in [0.717, 1.165) is 5.56 Å². The minimum atomic E-state index is -0.213. The second kappa shape index (κ2) is 2.72. The van der Waals surface area contributed by atoms with Crippen molar-refractivity contribution in [3.63, 3.8) is 0 Å². The van der Waals surface area contributed by atoms with Gasteiger partial charge in [0, 0.05) is 0 Å². The standard InChI is InChI=1S/C10H9FO/c1-2-9-10(12-9)7-3-5-8(11)6-4-7/h2-6,9-10H,1H2. The first-order chi connectivity index (χ1) is 5.81. The first-order valence-electron chi connectivity index (χ1n) is 3.85. The van der Waals surface area contributed by atoms with E-state index in [1.165, 1.54) is 12.1 Å². The lowest BCUT2D eigenvalue weighted by Crippen LogP contribution is -1.84. The zero-order chi connectivity index (χ0) is 8.55. The molecule has 0 saturated carbocycles. The van der Waals surface area contributed by atoms with E-state index < -0.39 is 0 Å². The summed E-state index contributed by atoms with van der Waals surface area (Å²) in [5.41, 5.74) is 1.02. The van der Waals surface area contributed by atoms with E-state index in [0.29, 0.717) is 0 Å². The van der Waals surface area contributed by atoms with Crippen molar-refractivity contribution in [2.75, 3.05) is 0 Å². The third-order valence-corrected chi connectivity index (χ3v) is 1.96. The Morgan fingerprint density at radius 3 is 2.50 bits per heavy atom. The highest BCUT2D eigenvalue weighted by molar-refractivity contribution is 5.24. The highest BCUT2D eigenvalue weighted by atomic mass is 19.1. The predicted molar refractivity (Wildman–Crippen MR) is 44.2 cm³/mol. The molecule has 1 aromatic rings. The van der Waals surface area contributed by atoms with Gasteiger partial charge in [0.15, 0.2) is 0 Å². The molecule has 2 heteroatoms. The maximum absolute atomic E-state index is 12.5. The minimum Gasteiger partial charge on any atom is -0.360 e. The Bertz CT molecular complexity index is 291. The molecule has 1 fully saturated rings. The normalized spacial score (nSPS) is 26.8. The minimum absolute atomic E-state index is 0.100. The molecule has 0 aromatic heterocycles. The van der Waals surface area contributed by atoms with Crippen molar-refractivity contribution >= 4 is 0 Å². The fourth-order valence-corrected chi connectivity index (χ4v) is 1.22. The fraction of sp³-hybridized carbons (Fsp3) is 0.200. The molecule has 62 valence electrons. The van der Waals surface area contributed by atoms with Gasteiger partial charge in [-0.05, 0) is 17.7 Å². The Balaban J connectivity index is 2.15. The molecule has 1 aliphatic rings. The number of hydrogen-bond acceptors (Lipinski definition) is 1. The SMILES string of the molecule is C=CC1OC1c1ccc(F)cc1. The first-order valence-corrected chi connectivity index (χ1v) is 3.85. The smallest absolute Gasteiger partial charge is 0.123 e. The van der Waals surface area contributed by atoms with Crippen LogP contribution in [0.25, 0.3) is 0 Å². The van der Waals surface area contributed by atoms with Crippen molar-refractivity contribution in [1.29, 1.82) is 0 Å². The number of benzene rings is 1. The average molecular weight is 164 g/mol. The van der Waals surface area contributed by atoms with Crippen LogP contribution in [0.5, 0.6) is 0 Å². The van der Waals surface area contributed by atoms with Gasteiger partial charge in [0.2, 0.25) is 0 Å². The molecule has 12 heavy (non-hydrogen) atoms. The second-order valence-electron chi connectivity index (χ2n) is 2.81. The lowest BCUT2D eigenvalue weighted by molar-refractivity contribution is 0.394. The summed E-state index contributed by atoms with van der Waals surface area (Å²) >= 11 is 0. The van der Waals surface area contributed by atoms with Crippen LogP contribution < -0.4 is 0 Å². The Morgan fingerprint density at radius 2 is 2.00 bits per heavy atom. The van der Waals surface area contributed by atoms with E-state index in [-0.39, 0.29) is 18.0 Å². The third kappa shape index (κ3) is 1.25. The van der Waals surface area contributed by atoms with Crippen molar-refractivity contribution in [2.24, 2.45) is 0 Å². The van der Waals surface area contributed by atoms with E-state index >= 15 is 0 Å². The van der Waals surface area contributed by atoms with Crippen molar-refractivity contribution in [3.05, 3.63) is 48.3 Å². The fourth-order valence-electron chi connectivity index (χ4n) is 1.22. The first kappa shape index (κ1) is 7.50. The summed E-state index contributed by atoms with van der Waals surface area (Å²) in [6.07, 6.45) is 1.98. The maximum atomic E-state index is 12.5. The van der Waals surface area contributed by atoms with Crippen LogP contribution in [-0.2, 0) is 4.74 Å². The van der Waals surface area contributed by atoms with Gasteiger partial charge in [-0.15, -0.1) is 6.58 Å². The molecule has 1 heterocycles. The Labute approximate surface area is 70.5 Å². The molecule has 2 atom stereocenters. The van der Waals surface area contributed by atoms with Gasteiger partial charge in [-0.25, -0.2) is 4.39 Å². The number of rotatable bonds is 2. The highest BCUT2D eigenvalue weighted by Crippen LogP contribution is 2.38. The van der Waals surface area contributed by atoms with E-state index in [1.54, 1.807) is 18.2 Å². The second-order valence-corrected chi connectivity index (χ2v) is 2.81. The summed E-state index contributed by atoms with van der Waals surface area (Å²) in [6, 6.07) is 6.36. The summed E-state index contributed by atoms with van der Waals surface area (Å²) in [7, 11) is 0.